The van der Waals surface area contributed by atoms with Gasteiger partial charge < -0.3 is 4.57 Å². The lowest BCUT2D eigenvalue weighted by atomic mass is 10.1. The van der Waals surface area contributed by atoms with Gasteiger partial charge in [0.25, 0.3) is 0 Å². The molecule has 0 aliphatic carbocycles. The van der Waals surface area contributed by atoms with E-state index in [1.54, 1.807) is 11.3 Å². The molecule has 9 aromatic rings. The van der Waals surface area contributed by atoms with Gasteiger partial charge in [-0.25, -0.2) is 15.0 Å². The molecule has 5 heteroatoms. The second kappa shape index (κ2) is 9.97. The van der Waals surface area contributed by atoms with Crippen LogP contribution in [0.5, 0.6) is 0 Å². The van der Waals surface area contributed by atoms with Crippen LogP contribution in [0.1, 0.15) is 0 Å². The second-order valence-electron chi connectivity index (χ2n) is 10.9. The zero-order chi connectivity index (χ0) is 29.0. The summed E-state index contributed by atoms with van der Waals surface area (Å²) in [6, 6.07) is 50.8. The van der Waals surface area contributed by atoms with Gasteiger partial charge in [0.15, 0.2) is 17.5 Å². The summed E-state index contributed by atoms with van der Waals surface area (Å²) >= 11 is 1.80. The van der Waals surface area contributed by atoms with Gasteiger partial charge in [0, 0.05) is 53.3 Å². The molecule has 0 spiro atoms. The van der Waals surface area contributed by atoms with Crippen LogP contribution in [0.4, 0.5) is 0 Å². The van der Waals surface area contributed by atoms with E-state index in [4.69, 9.17) is 15.0 Å². The maximum atomic E-state index is 5.17. The Bertz CT molecular complexity index is 2490. The van der Waals surface area contributed by atoms with Gasteiger partial charge in [-0.15, -0.1) is 11.3 Å². The predicted octanol–water partition coefficient (Wildman–Crippen LogP) is 10.3. The lowest BCUT2D eigenvalue weighted by Crippen LogP contribution is -2.00. The number of thiophene rings is 1. The first kappa shape index (κ1) is 24.9. The minimum Gasteiger partial charge on any atom is -0.309 e. The highest BCUT2D eigenvalue weighted by molar-refractivity contribution is 7.25. The van der Waals surface area contributed by atoms with Crippen LogP contribution in [0.3, 0.4) is 0 Å². The van der Waals surface area contributed by atoms with E-state index in [9.17, 15) is 0 Å². The topological polar surface area (TPSA) is 43.6 Å². The first-order valence-corrected chi connectivity index (χ1v) is 15.4. The molecule has 0 amide bonds. The van der Waals surface area contributed by atoms with Gasteiger partial charge in [-0.05, 0) is 36.4 Å². The standard InChI is InChI=1S/C39H24N4S/c1-3-12-25(13-4-1)37-40-38(42-39(41-37)31-18-11-21-35-36(31)30-17-8-10-20-34(30)44-35)26-22-23-29-28-16-7-9-19-32(28)43(33(29)24-26)27-14-5-2-6-15-27/h1-24H. The molecule has 44 heavy (non-hydrogen) atoms. The fourth-order valence-corrected chi connectivity index (χ4v) is 7.40. The van der Waals surface area contributed by atoms with Gasteiger partial charge in [-0.2, -0.15) is 0 Å². The minimum absolute atomic E-state index is 0.650. The summed E-state index contributed by atoms with van der Waals surface area (Å²) in [5, 5.41) is 4.82. The predicted molar refractivity (Wildman–Crippen MR) is 183 cm³/mol. The van der Waals surface area contributed by atoms with Crippen LogP contribution in [0, 0.1) is 0 Å². The van der Waals surface area contributed by atoms with Crippen molar-refractivity contribution in [1.29, 1.82) is 0 Å². The smallest absolute Gasteiger partial charge is 0.164 e. The fraction of sp³-hybridized carbons (Fsp3) is 0. The Kier molecular flexibility index (Phi) is 5.64. The number of para-hydroxylation sites is 2. The molecule has 4 nitrogen and oxygen atoms in total. The van der Waals surface area contributed by atoms with Crippen molar-refractivity contribution in [3.63, 3.8) is 0 Å². The first-order chi connectivity index (χ1) is 21.8. The van der Waals surface area contributed by atoms with Crippen molar-refractivity contribution in [2.75, 3.05) is 0 Å². The van der Waals surface area contributed by atoms with Crippen molar-refractivity contribution >= 4 is 53.3 Å². The first-order valence-electron chi connectivity index (χ1n) is 14.6. The van der Waals surface area contributed by atoms with Crippen LogP contribution < -0.4 is 0 Å². The van der Waals surface area contributed by atoms with Crippen LogP contribution in [0.2, 0.25) is 0 Å². The Morgan fingerprint density at radius 2 is 1.07 bits per heavy atom. The number of fused-ring (bicyclic) bond motifs is 6. The molecule has 3 heterocycles. The summed E-state index contributed by atoms with van der Waals surface area (Å²) in [5.41, 5.74) is 6.32. The minimum atomic E-state index is 0.650. The molecule has 0 saturated heterocycles. The highest BCUT2D eigenvalue weighted by Crippen LogP contribution is 2.40. The molecule has 6 aromatic carbocycles. The lowest BCUT2D eigenvalue weighted by molar-refractivity contribution is 1.08. The van der Waals surface area contributed by atoms with Gasteiger partial charge in [-0.3, -0.25) is 0 Å². The van der Waals surface area contributed by atoms with E-state index in [0.29, 0.717) is 17.5 Å². The molecule has 206 valence electrons. The van der Waals surface area contributed by atoms with Crippen molar-refractivity contribution in [1.82, 2.24) is 19.5 Å². The van der Waals surface area contributed by atoms with E-state index >= 15 is 0 Å². The number of rotatable bonds is 4. The molecule has 0 bridgehead atoms. The summed E-state index contributed by atoms with van der Waals surface area (Å²) in [4.78, 5) is 15.3. The van der Waals surface area contributed by atoms with Gasteiger partial charge in [0.1, 0.15) is 0 Å². The average molecular weight is 581 g/mol. The summed E-state index contributed by atoms with van der Waals surface area (Å²) in [7, 11) is 0. The van der Waals surface area contributed by atoms with E-state index < -0.39 is 0 Å². The van der Waals surface area contributed by atoms with Gasteiger partial charge in [-0.1, -0.05) is 109 Å². The summed E-state index contributed by atoms with van der Waals surface area (Å²) < 4.78 is 4.81. The van der Waals surface area contributed by atoms with Crippen LogP contribution in [0.15, 0.2) is 146 Å². The molecule has 0 saturated carbocycles. The number of hydrogen-bond donors (Lipinski definition) is 0. The molecular formula is C39H24N4S. The van der Waals surface area contributed by atoms with E-state index in [1.807, 2.05) is 18.2 Å². The third-order valence-corrected chi connectivity index (χ3v) is 9.39. The van der Waals surface area contributed by atoms with Crippen molar-refractivity contribution < 1.29 is 0 Å². The summed E-state index contributed by atoms with van der Waals surface area (Å²) in [6.45, 7) is 0. The Morgan fingerprint density at radius 1 is 0.432 bits per heavy atom. The van der Waals surface area contributed by atoms with Crippen molar-refractivity contribution in [3.05, 3.63) is 146 Å². The van der Waals surface area contributed by atoms with E-state index in [1.165, 1.54) is 36.5 Å². The van der Waals surface area contributed by atoms with Crippen LogP contribution >= 0.6 is 11.3 Å². The maximum absolute atomic E-state index is 5.17. The van der Waals surface area contributed by atoms with Crippen molar-refractivity contribution in [2.24, 2.45) is 0 Å². The van der Waals surface area contributed by atoms with Gasteiger partial charge in [0.2, 0.25) is 0 Å². The van der Waals surface area contributed by atoms with E-state index in [-0.39, 0.29) is 0 Å². The molecule has 0 radical (unpaired) electrons. The number of hydrogen-bond acceptors (Lipinski definition) is 4. The Morgan fingerprint density at radius 3 is 1.91 bits per heavy atom. The van der Waals surface area contributed by atoms with E-state index in [0.717, 1.165) is 27.9 Å². The van der Waals surface area contributed by atoms with Crippen LogP contribution in [0.25, 0.3) is 81.8 Å². The molecule has 0 aliphatic rings. The summed E-state index contributed by atoms with van der Waals surface area (Å²) in [6.07, 6.45) is 0. The third kappa shape index (κ3) is 3.94. The fourth-order valence-electron chi connectivity index (χ4n) is 6.27. The second-order valence-corrected chi connectivity index (χ2v) is 12.0. The molecule has 0 atom stereocenters. The lowest BCUT2D eigenvalue weighted by Gasteiger charge is -2.11. The van der Waals surface area contributed by atoms with Crippen molar-refractivity contribution in [3.8, 4) is 39.9 Å². The zero-order valence-electron chi connectivity index (χ0n) is 23.6. The van der Waals surface area contributed by atoms with Crippen LogP contribution in [-0.4, -0.2) is 19.5 Å². The van der Waals surface area contributed by atoms with E-state index in [2.05, 4.69) is 132 Å². The largest absolute Gasteiger partial charge is 0.309 e. The number of aromatic nitrogens is 4. The monoisotopic (exact) mass is 580 g/mol. The SMILES string of the molecule is c1ccc(-c2nc(-c3ccc4c5ccccc5n(-c5ccccc5)c4c3)nc(-c3cccc4sc5ccccc5c34)n2)cc1. The van der Waals surface area contributed by atoms with Crippen LogP contribution in [-0.2, 0) is 0 Å². The molecule has 0 fully saturated rings. The Hall–Kier alpha value is -5.65. The number of benzene rings is 6. The van der Waals surface area contributed by atoms with Gasteiger partial charge >= 0.3 is 0 Å². The average Bonchev–Trinajstić information content (AvgIpc) is 3.64. The molecule has 0 unspecified atom stereocenters. The molecule has 0 N–H and O–H groups in total. The Balaban J connectivity index is 1.32. The summed E-state index contributed by atoms with van der Waals surface area (Å²) in [5.74, 6) is 1.98. The highest BCUT2D eigenvalue weighted by atomic mass is 32.1. The maximum Gasteiger partial charge on any atom is 0.164 e. The molecule has 0 aliphatic heterocycles. The zero-order valence-corrected chi connectivity index (χ0v) is 24.4. The Labute approximate surface area is 257 Å². The molecular weight excluding hydrogens is 557 g/mol. The van der Waals surface area contributed by atoms with Crippen molar-refractivity contribution in [2.45, 2.75) is 0 Å². The quantitative estimate of drug-likeness (QED) is 0.208. The molecule has 3 aromatic heterocycles. The normalized spacial score (nSPS) is 11.6. The van der Waals surface area contributed by atoms with Gasteiger partial charge in [0.05, 0.1) is 11.0 Å². The third-order valence-electron chi connectivity index (χ3n) is 8.26. The highest BCUT2D eigenvalue weighted by Gasteiger charge is 2.18. The molecule has 9 rings (SSSR count). The number of nitrogens with zero attached hydrogens (tertiary/aromatic N) is 4.